The summed E-state index contributed by atoms with van der Waals surface area (Å²) in [7, 11) is 0. The first-order chi connectivity index (χ1) is 9.61. The number of ketones is 2. The van der Waals surface area contributed by atoms with E-state index >= 15 is 0 Å². The number of carbonyl (C=O) groups is 2. The minimum Gasteiger partial charge on any atom is -0.299 e. The van der Waals surface area contributed by atoms with Gasteiger partial charge in [-0.15, -0.1) is 0 Å². The predicted molar refractivity (Wildman–Crippen MR) is 77.1 cm³/mol. The number of Topliss-reactive ketones (excluding diaryl/α,β-unsaturated/α-hetero) is 2. The van der Waals surface area contributed by atoms with Crippen LogP contribution in [0.3, 0.4) is 0 Å². The quantitative estimate of drug-likeness (QED) is 0.673. The van der Waals surface area contributed by atoms with E-state index in [1.54, 1.807) is 0 Å². The first-order valence-corrected chi connectivity index (χ1v) is 8.67. The maximum atomic E-state index is 12.8. The number of hydrogen-bond donors (Lipinski definition) is 0. The predicted octanol–water partition coefficient (Wildman–Crippen LogP) is 3.78. The molecule has 6 atom stereocenters. The minimum atomic E-state index is -0.154. The highest BCUT2D eigenvalue weighted by molar-refractivity contribution is 5.90. The first kappa shape index (κ1) is 13.0. The molecule has 4 rings (SSSR count). The summed E-state index contributed by atoms with van der Waals surface area (Å²) in [6.45, 7) is 2.16. The smallest absolute Gasteiger partial charge is 0.139 e. The van der Waals surface area contributed by atoms with Gasteiger partial charge in [-0.1, -0.05) is 19.8 Å². The van der Waals surface area contributed by atoms with Crippen LogP contribution in [0, 0.1) is 35.0 Å². The summed E-state index contributed by atoms with van der Waals surface area (Å²) in [4.78, 5) is 25.0. The van der Waals surface area contributed by atoms with Crippen LogP contribution < -0.4 is 0 Å². The summed E-state index contributed by atoms with van der Waals surface area (Å²) in [6.07, 6.45) is 10.0. The summed E-state index contributed by atoms with van der Waals surface area (Å²) in [5, 5.41) is 0. The Kier molecular flexibility index (Phi) is 2.88. The van der Waals surface area contributed by atoms with Crippen LogP contribution in [0.5, 0.6) is 0 Å². The van der Waals surface area contributed by atoms with Crippen molar-refractivity contribution in [2.75, 3.05) is 0 Å². The fourth-order valence-corrected chi connectivity index (χ4v) is 6.33. The third-order valence-corrected chi connectivity index (χ3v) is 7.38. The highest BCUT2D eigenvalue weighted by atomic mass is 16.1. The largest absolute Gasteiger partial charge is 0.299 e. The molecule has 0 aliphatic heterocycles. The molecule has 0 aromatic rings. The molecular weight excluding hydrogens is 248 g/mol. The lowest BCUT2D eigenvalue weighted by Crippen LogP contribution is -2.52. The van der Waals surface area contributed by atoms with E-state index in [-0.39, 0.29) is 11.3 Å². The van der Waals surface area contributed by atoms with Crippen molar-refractivity contribution in [3.05, 3.63) is 0 Å². The van der Waals surface area contributed by atoms with E-state index in [0.717, 1.165) is 38.0 Å². The molecule has 0 heterocycles. The van der Waals surface area contributed by atoms with Gasteiger partial charge in [-0.05, 0) is 55.8 Å². The van der Waals surface area contributed by atoms with Gasteiger partial charge in [0.15, 0.2) is 0 Å². The van der Waals surface area contributed by atoms with Gasteiger partial charge >= 0.3 is 0 Å². The molecule has 4 aliphatic rings. The van der Waals surface area contributed by atoms with Crippen molar-refractivity contribution in [1.82, 2.24) is 0 Å². The molecular formula is C18H26O2. The molecule has 4 fully saturated rings. The van der Waals surface area contributed by atoms with E-state index in [1.165, 1.54) is 25.7 Å². The number of fused-ring (bicyclic) bond motifs is 5. The van der Waals surface area contributed by atoms with Gasteiger partial charge in [-0.2, -0.15) is 0 Å². The topological polar surface area (TPSA) is 34.1 Å². The van der Waals surface area contributed by atoms with Crippen LogP contribution in [0.1, 0.15) is 64.7 Å². The summed E-state index contributed by atoms with van der Waals surface area (Å²) in [5.74, 6) is 3.67. The maximum Gasteiger partial charge on any atom is 0.139 e. The maximum absolute atomic E-state index is 12.8. The van der Waals surface area contributed by atoms with Gasteiger partial charge in [0.2, 0.25) is 0 Å². The lowest BCUT2D eigenvalue weighted by atomic mass is 9.50. The average Bonchev–Trinajstić information content (AvgIpc) is 2.75. The molecule has 0 aromatic heterocycles. The van der Waals surface area contributed by atoms with Crippen molar-refractivity contribution < 1.29 is 9.59 Å². The summed E-state index contributed by atoms with van der Waals surface area (Å²) in [6, 6.07) is 0. The zero-order valence-corrected chi connectivity index (χ0v) is 12.6. The van der Waals surface area contributed by atoms with E-state index in [2.05, 4.69) is 6.92 Å². The number of rotatable bonds is 0. The van der Waals surface area contributed by atoms with E-state index < -0.39 is 0 Å². The molecule has 4 saturated carbocycles. The molecule has 0 amide bonds. The van der Waals surface area contributed by atoms with Crippen LogP contribution in [0.2, 0.25) is 0 Å². The van der Waals surface area contributed by atoms with Crippen molar-refractivity contribution in [3.63, 3.8) is 0 Å². The van der Waals surface area contributed by atoms with Crippen LogP contribution in [-0.4, -0.2) is 11.6 Å². The van der Waals surface area contributed by atoms with E-state index in [0.29, 0.717) is 29.3 Å². The van der Waals surface area contributed by atoms with Crippen LogP contribution in [0.15, 0.2) is 0 Å². The van der Waals surface area contributed by atoms with E-state index in [1.807, 2.05) is 0 Å². The van der Waals surface area contributed by atoms with Crippen molar-refractivity contribution in [3.8, 4) is 0 Å². The summed E-state index contributed by atoms with van der Waals surface area (Å²) in [5.41, 5.74) is -0.154. The molecule has 20 heavy (non-hydrogen) atoms. The SMILES string of the molecule is C[C@]12CC[C@H]3[C@@H](C(=O)CC4CCCC[C@@H]43)[C@@H]1CCC2=O. The third kappa shape index (κ3) is 1.63. The fraction of sp³-hybridized carbons (Fsp3) is 0.889. The summed E-state index contributed by atoms with van der Waals surface area (Å²) >= 11 is 0. The number of carbonyl (C=O) groups excluding carboxylic acids is 2. The van der Waals surface area contributed by atoms with E-state index in [9.17, 15) is 9.59 Å². The fourth-order valence-electron chi connectivity index (χ4n) is 6.33. The molecule has 0 aromatic carbocycles. The lowest BCUT2D eigenvalue weighted by Gasteiger charge is -2.53. The van der Waals surface area contributed by atoms with Crippen molar-refractivity contribution in [1.29, 1.82) is 0 Å². The highest BCUT2D eigenvalue weighted by Gasteiger charge is 2.59. The van der Waals surface area contributed by atoms with Crippen LogP contribution >= 0.6 is 0 Å². The second kappa shape index (κ2) is 4.42. The Hall–Kier alpha value is -0.660. The molecule has 4 aliphatic carbocycles. The normalized spacial score (nSPS) is 51.4. The van der Waals surface area contributed by atoms with Crippen LogP contribution in [-0.2, 0) is 9.59 Å². The van der Waals surface area contributed by atoms with Crippen LogP contribution in [0.4, 0.5) is 0 Å². The highest BCUT2D eigenvalue weighted by Crippen LogP contribution is 2.60. The third-order valence-electron chi connectivity index (χ3n) is 7.38. The van der Waals surface area contributed by atoms with Gasteiger partial charge in [0.1, 0.15) is 11.6 Å². The zero-order chi connectivity index (χ0) is 13.9. The minimum absolute atomic E-state index is 0.154. The second-order valence-corrected chi connectivity index (χ2v) is 8.09. The molecule has 1 unspecified atom stereocenters. The second-order valence-electron chi connectivity index (χ2n) is 8.09. The molecule has 2 nitrogen and oxygen atoms in total. The lowest BCUT2D eigenvalue weighted by molar-refractivity contribution is -0.146. The molecule has 0 saturated heterocycles. The Bertz CT molecular complexity index is 454. The monoisotopic (exact) mass is 274 g/mol. The zero-order valence-electron chi connectivity index (χ0n) is 12.6. The van der Waals surface area contributed by atoms with Gasteiger partial charge in [0.05, 0.1) is 0 Å². The van der Waals surface area contributed by atoms with Gasteiger partial charge in [-0.3, -0.25) is 9.59 Å². The van der Waals surface area contributed by atoms with Gasteiger partial charge < -0.3 is 0 Å². The van der Waals surface area contributed by atoms with Crippen molar-refractivity contribution >= 4 is 11.6 Å². The summed E-state index contributed by atoms with van der Waals surface area (Å²) < 4.78 is 0. The Balaban J connectivity index is 1.67. The molecule has 0 spiro atoms. The molecule has 0 N–H and O–H groups in total. The van der Waals surface area contributed by atoms with Gasteiger partial charge in [0, 0.05) is 24.2 Å². The van der Waals surface area contributed by atoms with E-state index in [4.69, 9.17) is 0 Å². The average molecular weight is 274 g/mol. The molecule has 110 valence electrons. The van der Waals surface area contributed by atoms with Gasteiger partial charge in [0.25, 0.3) is 0 Å². The van der Waals surface area contributed by atoms with Crippen molar-refractivity contribution in [2.24, 2.45) is 35.0 Å². The Morgan fingerprint density at radius 3 is 2.65 bits per heavy atom. The molecule has 0 bridgehead atoms. The first-order valence-electron chi connectivity index (χ1n) is 8.67. The Morgan fingerprint density at radius 1 is 1.00 bits per heavy atom. The Labute approximate surface area is 121 Å². The Morgan fingerprint density at radius 2 is 1.80 bits per heavy atom. The molecule has 0 radical (unpaired) electrons. The van der Waals surface area contributed by atoms with Crippen LogP contribution in [0.25, 0.3) is 0 Å². The van der Waals surface area contributed by atoms with Crippen molar-refractivity contribution in [2.45, 2.75) is 64.7 Å². The standard InChI is InChI=1S/C18H26O2/c1-18-9-8-13-12-5-3-2-4-11(12)10-15(19)17(13)14(18)6-7-16(18)20/h11-14,17H,2-10H2,1H3/t11?,12-,13+,14-,17+,18-/m0/s1. The molecule has 2 heteroatoms. The van der Waals surface area contributed by atoms with Gasteiger partial charge in [-0.25, -0.2) is 0 Å². The number of hydrogen-bond acceptors (Lipinski definition) is 2.